The second kappa shape index (κ2) is 9.24. The number of hydrogen-bond acceptors (Lipinski definition) is 5. The summed E-state index contributed by atoms with van der Waals surface area (Å²) < 4.78 is 26.5. The van der Waals surface area contributed by atoms with Gasteiger partial charge in [0.15, 0.2) is 11.6 Å². The topological polar surface area (TPSA) is 59.0 Å². The van der Waals surface area contributed by atoms with Crippen molar-refractivity contribution in [1.82, 2.24) is 4.90 Å². The molecule has 33 heavy (non-hydrogen) atoms. The maximum Gasteiger partial charge on any atom is 0.311 e. The average molecular weight is 476 g/mol. The van der Waals surface area contributed by atoms with Gasteiger partial charge in [-0.15, -0.1) is 0 Å². The second-order valence-corrected chi connectivity index (χ2v) is 10.4. The fraction of sp³-hybridized carbons (Fsp3) is 0.500. The molecule has 5 nitrogen and oxygen atoms in total. The fourth-order valence-electron chi connectivity index (χ4n) is 4.83. The number of benzene rings is 2. The van der Waals surface area contributed by atoms with Crippen LogP contribution < -0.4 is 0 Å². The van der Waals surface area contributed by atoms with Crippen LogP contribution in [-0.2, 0) is 32.9 Å². The zero-order valence-electron chi connectivity index (χ0n) is 19.4. The third kappa shape index (κ3) is 5.18. The van der Waals surface area contributed by atoms with Gasteiger partial charge in [-0.25, -0.2) is 4.39 Å². The van der Waals surface area contributed by atoms with Gasteiger partial charge in [-0.05, 0) is 63.3 Å². The molecule has 0 aliphatic carbocycles. The molecule has 2 aliphatic heterocycles. The highest BCUT2D eigenvalue weighted by molar-refractivity contribution is 6.31. The van der Waals surface area contributed by atoms with Crippen LogP contribution in [0.3, 0.4) is 0 Å². The van der Waals surface area contributed by atoms with E-state index in [2.05, 4.69) is 17.0 Å². The number of halogens is 2. The van der Waals surface area contributed by atoms with Crippen molar-refractivity contribution in [1.29, 1.82) is 0 Å². The molecular formula is C26H31ClFNO4. The Balaban J connectivity index is 1.50. The quantitative estimate of drug-likeness (QED) is 0.602. The molecule has 0 bridgehead atoms. The monoisotopic (exact) mass is 475 g/mol. The maximum atomic E-state index is 14.6. The van der Waals surface area contributed by atoms with Crippen LogP contribution in [-0.4, -0.2) is 41.2 Å². The number of carbonyl (C=O) groups is 1. The van der Waals surface area contributed by atoms with Gasteiger partial charge in [-0.3, -0.25) is 4.79 Å². The Morgan fingerprint density at radius 1 is 1.24 bits per heavy atom. The molecule has 0 saturated carbocycles. The number of phenolic OH excluding ortho intramolecular Hbond substituents is 1. The summed E-state index contributed by atoms with van der Waals surface area (Å²) in [5.41, 5.74) is 1.71. The Bertz CT molecular complexity index is 1030. The van der Waals surface area contributed by atoms with Gasteiger partial charge in [0.05, 0.1) is 18.1 Å². The lowest BCUT2D eigenvalue weighted by Gasteiger charge is -2.40. The minimum atomic E-state index is -0.787. The van der Waals surface area contributed by atoms with Crippen LogP contribution >= 0.6 is 11.6 Å². The first-order valence-electron chi connectivity index (χ1n) is 11.4. The van der Waals surface area contributed by atoms with Crippen LogP contribution in [0.15, 0.2) is 36.4 Å². The molecule has 0 radical (unpaired) electrons. The van der Waals surface area contributed by atoms with Crippen LogP contribution in [0.5, 0.6) is 5.75 Å². The minimum absolute atomic E-state index is 0.0506. The molecule has 2 aliphatic rings. The molecule has 1 fully saturated rings. The van der Waals surface area contributed by atoms with Crippen molar-refractivity contribution in [3.63, 3.8) is 0 Å². The Hall–Kier alpha value is -2.15. The highest BCUT2D eigenvalue weighted by atomic mass is 35.5. The van der Waals surface area contributed by atoms with Gasteiger partial charge >= 0.3 is 5.97 Å². The van der Waals surface area contributed by atoms with Gasteiger partial charge in [0.2, 0.25) is 0 Å². The van der Waals surface area contributed by atoms with Crippen molar-refractivity contribution in [2.45, 2.75) is 57.8 Å². The Morgan fingerprint density at radius 2 is 1.94 bits per heavy atom. The lowest BCUT2D eigenvalue weighted by Crippen LogP contribution is -2.46. The van der Waals surface area contributed by atoms with Crippen LogP contribution in [0.2, 0.25) is 5.02 Å². The van der Waals surface area contributed by atoms with E-state index in [9.17, 15) is 14.3 Å². The summed E-state index contributed by atoms with van der Waals surface area (Å²) in [4.78, 5) is 15.3. The molecule has 7 heteroatoms. The number of nitrogens with zero attached hydrogens (tertiary/aromatic N) is 1. The number of hydrogen-bond donors (Lipinski definition) is 1. The fourth-order valence-corrected chi connectivity index (χ4v) is 5.06. The molecule has 1 saturated heterocycles. The maximum absolute atomic E-state index is 14.6. The summed E-state index contributed by atoms with van der Waals surface area (Å²) in [5, 5.41) is 10.00. The van der Waals surface area contributed by atoms with E-state index >= 15 is 0 Å². The zero-order valence-corrected chi connectivity index (χ0v) is 20.1. The highest BCUT2D eigenvalue weighted by Crippen LogP contribution is 2.44. The van der Waals surface area contributed by atoms with Crippen molar-refractivity contribution in [3.05, 3.63) is 63.9 Å². The van der Waals surface area contributed by atoms with Crippen molar-refractivity contribution in [2.75, 3.05) is 19.6 Å². The van der Waals surface area contributed by atoms with Gasteiger partial charge in [-0.1, -0.05) is 35.9 Å². The lowest BCUT2D eigenvalue weighted by molar-refractivity contribution is -0.161. The van der Waals surface area contributed by atoms with Gasteiger partial charge in [0.1, 0.15) is 5.60 Å². The summed E-state index contributed by atoms with van der Waals surface area (Å²) in [5.74, 6) is -2.29. The third-order valence-electron chi connectivity index (χ3n) is 6.51. The molecule has 1 spiro atoms. The summed E-state index contributed by atoms with van der Waals surface area (Å²) in [6.45, 7) is 7.98. The first-order chi connectivity index (χ1) is 15.6. The summed E-state index contributed by atoms with van der Waals surface area (Å²) in [7, 11) is 0. The van der Waals surface area contributed by atoms with Crippen molar-refractivity contribution >= 4 is 17.6 Å². The highest BCUT2D eigenvalue weighted by Gasteiger charge is 2.43. The molecule has 2 aromatic rings. The number of aromatic hydroxyl groups is 1. The van der Waals surface area contributed by atoms with Crippen molar-refractivity contribution in [3.8, 4) is 5.75 Å². The first kappa shape index (κ1) is 24.0. The van der Waals surface area contributed by atoms with E-state index in [0.29, 0.717) is 13.2 Å². The molecule has 2 heterocycles. The Labute approximate surface area is 199 Å². The predicted octanol–water partition coefficient (Wildman–Crippen LogP) is 5.21. The van der Waals surface area contributed by atoms with E-state index in [-0.39, 0.29) is 22.6 Å². The minimum Gasteiger partial charge on any atom is -0.505 e. The number of rotatable bonds is 5. The van der Waals surface area contributed by atoms with Gasteiger partial charge < -0.3 is 19.5 Å². The molecule has 1 N–H and O–H groups in total. The van der Waals surface area contributed by atoms with E-state index < -0.39 is 29.1 Å². The summed E-state index contributed by atoms with van der Waals surface area (Å²) >= 11 is 6.22. The van der Waals surface area contributed by atoms with E-state index in [1.54, 1.807) is 0 Å². The average Bonchev–Trinajstić information content (AvgIpc) is 3.12. The van der Waals surface area contributed by atoms with E-state index in [1.807, 2.05) is 32.9 Å². The SMILES string of the molecule is CC(C)(C)OC(=O)C(Cc1c(Cl)ccc(O)c1F)CN1CCC2(CC1)OCc1ccccc12. The number of likely N-dealkylation sites (tertiary alicyclic amines) is 1. The van der Waals surface area contributed by atoms with Gasteiger partial charge in [0, 0.05) is 30.2 Å². The van der Waals surface area contributed by atoms with Gasteiger partial charge in [0.25, 0.3) is 0 Å². The number of fused-ring (bicyclic) bond motifs is 2. The number of esters is 1. The normalized spacial score (nSPS) is 18.8. The Kier molecular flexibility index (Phi) is 6.72. The Morgan fingerprint density at radius 3 is 2.64 bits per heavy atom. The number of piperidine rings is 1. The molecular weight excluding hydrogens is 445 g/mol. The lowest BCUT2D eigenvalue weighted by atomic mass is 9.83. The smallest absolute Gasteiger partial charge is 0.311 e. The van der Waals surface area contributed by atoms with Crippen LogP contribution in [0.25, 0.3) is 0 Å². The standard InChI is InChI=1S/C26H31ClFNO4/c1-25(2,3)33-24(31)18(14-19-21(27)8-9-22(30)23(19)28)15-29-12-10-26(11-13-29)20-7-5-4-6-17(20)16-32-26/h4-9,18,30H,10-16H2,1-3H3. The van der Waals surface area contributed by atoms with Crippen molar-refractivity contribution in [2.24, 2.45) is 5.92 Å². The molecule has 1 atom stereocenters. The molecule has 4 rings (SSSR count). The van der Waals surface area contributed by atoms with Crippen LogP contribution in [0.4, 0.5) is 4.39 Å². The third-order valence-corrected chi connectivity index (χ3v) is 6.86. The molecule has 178 valence electrons. The van der Waals surface area contributed by atoms with Crippen molar-refractivity contribution < 1.29 is 23.8 Å². The number of ether oxygens (including phenoxy) is 2. The van der Waals surface area contributed by atoms with E-state index in [0.717, 1.165) is 25.9 Å². The summed E-state index contributed by atoms with van der Waals surface area (Å²) in [6.07, 6.45) is 1.70. The van der Waals surface area contributed by atoms with Crippen LogP contribution in [0.1, 0.15) is 50.3 Å². The van der Waals surface area contributed by atoms with E-state index in [1.165, 1.54) is 23.3 Å². The molecule has 2 aromatic carbocycles. The molecule has 1 unspecified atom stereocenters. The number of phenols is 1. The summed E-state index contributed by atoms with van der Waals surface area (Å²) in [6, 6.07) is 11.0. The second-order valence-electron chi connectivity index (χ2n) is 10.0. The zero-order chi connectivity index (χ0) is 23.8. The first-order valence-corrected chi connectivity index (χ1v) is 11.8. The number of carbonyl (C=O) groups excluding carboxylic acids is 1. The molecule has 0 amide bonds. The predicted molar refractivity (Wildman–Crippen MR) is 125 cm³/mol. The largest absolute Gasteiger partial charge is 0.505 e. The van der Waals surface area contributed by atoms with Crippen LogP contribution in [0, 0.1) is 11.7 Å². The van der Waals surface area contributed by atoms with E-state index in [4.69, 9.17) is 21.1 Å². The molecule has 0 aromatic heterocycles. The van der Waals surface area contributed by atoms with Gasteiger partial charge in [-0.2, -0.15) is 0 Å².